The number of carboxylic acids is 1. The van der Waals surface area contributed by atoms with Gasteiger partial charge in [-0.05, 0) is 48.2 Å². The first-order chi connectivity index (χ1) is 12.0. The maximum atomic E-state index is 11.4. The lowest BCUT2D eigenvalue weighted by molar-refractivity contribution is 0.0689. The summed E-state index contributed by atoms with van der Waals surface area (Å²) in [6.07, 6.45) is 0.987. The minimum atomic E-state index is -1.04. The minimum absolute atomic E-state index is 0.0350. The van der Waals surface area contributed by atoms with E-state index in [0.717, 1.165) is 28.8 Å². The first kappa shape index (κ1) is 17.2. The van der Waals surface area contributed by atoms with Crippen molar-refractivity contribution in [1.82, 2.24) is 9.78 Å². The van der Waals surface area contributed by atoms with Crippen LogP contribution < -0.4 is 0 Å². The average molecular weight is 355 g/mol. The minimum Gasteiger partial charge on any atom is -0.476 e. The Hall–Kier alpha value is -2.59. The van der Waals surface area contributed by atoms with E-state index in [1.165, 1.54) is 5.56 Å². The molecule has 0 bridgehead atoms. The molecular weight excluding hydrogens is 336 g/mol. The van der Waals surface area contributed by atoms with Crippen molar-refractivity contribution in [3.63, 3.8) is 0 Å². The fourth-order valence-electron chi connectivity index (χ4n) is 2.73. The van der Waals surface area contributed by atoms with Gasteiger partial charge in [0.1, 0.15) is 0 Å². The number of carbonyl (C=O) groups is 1. The first-order valence-electron chi connectivity index (χ1n) is 8.13. The van der Waals surface area contributed by atoms with Crippen molar-refractivity contribution in [3.05, 3.63) is 75.9 Å². The topological polar surface area (TPSA) is 55.1 Å². The number of aromatic carboxylic acids is 1. The molecule has 0 fully saturated rings. The van der Waals surface area contributed by atoms with Gasteiger partial charge in [0.15, 0.2) is 5.69 Å². The normalized spacial score (nSPS) is 10.8. The molecule has 0 spiro atoms. The summed E-state index contributed by atoms with van der Waals surface area (Å²) in [4.78, 5) is 11.4. The zero-order valence-electron chi connectivity index (χ0n) is 14.2. The van der Waals surface area contributed by atoms with Crippen LogP contribution in [0.25, 0.3) is 11.3 Å². The number of hydrogen-bond donors (Lipinski definition) is 1. The lowest BCUT2D eigenvalue weighted by Crippen LogP contribution is -2.06. The first-order valence-corrected chi connectivity index (χ1v) is 8.51. The van der Waals surface area contributed by atoms with E-state index in [1.54, 1.807) is 10.7 Å². The maximum Gasteiger partial charge on any atom is 0.356 e. The summed E-state index contributed by atoms with van der Waals surface area (Å²) in [5.41, 5.74) is 4.97. The van der Waals surface area contributed by atoms with Gasteiger partial charge in [0, 0.05) is 10.6 Å². The second-order valence-electron chi connectivity index (χ2n) is 6.01. The lowest BCUT2D eigenvalue weighted by atomic mass is 10.1. The van der Waals surface area contributed by atoms with Crippen LogP contribution in [0, 0.1) is 6.92 Å². The second-order valence-corrected chi connectivity index (χ2v) is 6.42. The van der Waals surface area contributed by atoms with Crippen LogP contribution in [0.1, 0.15) is 34.1 Å². The van der Waals surface area contributed by atoms with Crippen LogP contribution in [-0.2, 0) is 13.0 Å². The van der Waals surface area contributed by atoms with Crippen LogP contribution in [0.2, 0.25) is 5.02 Å². The van der Waals surface area contributed by atoms with E-state index in [-0.39, 0.29) is 5.69 Å². The molecule has 2 aromatic carbocycles. The molecule has 4 nitrogen and oxygen atoms in total. The van der Waals surface area contributed by atoms with Gasteiger partial charge in [0.2, 0.25) is 0 Å². The Kier molecular flexibility index (Phi) is 4.91. The Bertz CT molecular complexity index is 914. The summed E-state index contributed by atoms with van der Waals surface area (Å²) < 4.78 is 1.73. The van der Waals surface area contributed by atoms with Crippen LogP contribution in [-0.4, -0.2) is 20.9 Å². The van der Waals surface area contributed by atoms with Crippen molar-refractivity contribution < 1.29 is 9.90 Å². The molecule has 1 heterocycles. The number of halogens is 1. The SMILES string of the molecule is CCc1ccc(Cn2nc(C(=O)O)cc2-c2ccc(Cl)c(C)c2)cc1. The van der Waals surface area contributed by atoms with Gasteiger partial charge < -0.3 is 5.11 Å². The molecule has 0 aliphatic rings. The van der Waals surface area contributed by atoms with E-state index in [2.05, 4.69) is 36.3 Å². The van der Waals surface area contributed by atoms with Crippen molar-refractivity contribution in [2.75, 3.05) is 0 Å². The summed E-state index contributed by atoms with van der Waals surface area (Å²) >= 11 is 6.11. The molecule has 1 N–H and O–H groups in total. The van der Waals surface area contributed by atoms with Gasteiger partial charge in [-0.1, -0.05) is 48.9 Å². The van der Waals surface area contributed by atoms with Crippen LogP contribution in [0.3, 0.4) is 0 Å². The lowest BCUT2D eigenvalue weighted by Gasteiger charge is -2.09. The van der Waals surface area contributed by atoms with Crippen LogP contribution in [0.15, 0.2) is 48.5 Å². The highest BCUT2D eigenvalue weighted by Gasteiger charge is 2.15. The van der Waals surface area contributed by atoms with Gasteiger partial charge in [-0.15, -0.1) is 0 Å². The number of nitrogens with zero attached hydrogens (tertiary/aromatic N) is 2. The zero-order chi connectivity index (χ0) is 18.0. The van der Waals surface area contributed by atoms with E-state index in [4.69, 9.17) is 11.6 Å². The number of carboxylic acid groups (broad SMARTS) is 1. The predicted molar refractivity (Wildman–Crippen MR) is 99.3 cm³/mol. The molecule has 0 atom stereocenters. The smallest absolute Gasteiger partial charge is 0.356 e. The standard InChI is InChI=1S/C20H19ClN2O2/c1-3-14-4-6-15(7-5-14)12-23-19(11-18(22-23)20(24)25)16-8-9-17(21)13(2)10-16/h4-11H,3,12H2,1-2H3,(H,24,25). The van der Waals surface area contributed by atoms with E-state index >= 15 is 0 Å². The Labute approximate surface area is 151 Å². The van der Waals surface area contributed by atoms with E-state index in [1.807, 2.05) is 25.1 Å². The third-order valence-corrected chi connectivity index (χ3v) is 4.64. The van der Waals surface area contributed by atoms with Gasteiger partial charge in [-0.3, -0.25) is 4.68 Å². The highest BCUT2D eigenvalue weighted by atomic mass is 35.5. The molecule has 0 saturated carbocycles. The molecule has 25 heavy (non-hydrogen) atoms. The van der Waals surface area contributed by atoms with Crippen molar-refractivity contribution >= 4 is 17.6 Å². The van der Waals surface area contributed by atoms with Crippen LogP contribution in [0.4, 0.5) is 0 Å². The summed E-state index contributed by atoms with van der Waals surface area (Å²) in [6.45, 7) is 4.55. The largest absolute Gasteiger partial charge is 0.476 e. The van der Waals surface area contributed by atoms with Crippen molar-refractivity contribution in [2.45, 2.75) is 26.8 Å². The molecule has 1 aromatic heterocycles. The summed E-state index contributed by atoms with van der Waals surface area (Å²) in [7, 11) is 0. The van der Waals surface area contributed by atoms with Crippen molar-refractivity contribution in [3.8, 4) is 11.3 Å². The molecule has 0 aliphatic heterocycles. The molecule has 3 aromatic rings. The van der Waals surface area contributed by atoms with E-state index < -0.39 is 5.97 Å². The predicted octanol–water partition coefficient (Wildman–Crippen LogP) is 4.82. The third-order valence-electron chi connectivity index (χ3n) is 4.22. The number of aryl methyl sites for hydroxylation is 2. The van der Waals surface area contributed by atoms with Crippen molar-refractivity contribution in [1.29, 1.82) is 0 Å². The summed E-state index contributed by atoms with van der Waals surface area (Å²) in [5.74, 6) is -1.04. The Balaban J connectivity index is 2.01. The second kappa shape index (κ2) is 7.11. The molecule has 0 radical (unpaired) electrons. The van der Waals surface area contributed by atoms with E-state index in [0.29, 0.717) is 11.6 Å². The number of aromatic nitrogens is 2. The van der Waals surface area contributed by atoms with Crippen molar-refractivity contribution in [2.24, 2.45) is 0 Å². The third kappa shape index (κ3) is 3.74. The molecule has 5 heteroatoms. The molecule has 3 rings (SSSR count). The molecular formula is C20H19ClN2O2. The highest BCUT2D eigenvalue weighted by molar-refractivity contribution is 6.31. The van der Waals surface area contributed by atoms with Crippen LogP contribution >= 0.6 is 11.6 Å². The fourth-order valence-corrected chi connectivity index (χ4v) is 2.85. The van der Waals surface area contributed by atoms with Gasteiger partial charge in [0.25, 0.3) is 0 Å². The highest BCUT2D eigenvalue weighted by Crippen LogP contribution is 2.26. The number of rotatable bonds is 5. The molecule has 0 amide bonds. The van der Waals surface area contributed by atoms with Gasteiger partial charge >= 0.3 is 5.97 Å². The quantitative estimate of drug-likeness (QED) is 0.714. The monoisotopic (exact) mass is 354 g/mol. The number of benzene rings is 2. The average Bonchev–Trinajstić information content (AvgIpc) is 3.02. The van der Waals surface area contributed by atoms with Gasteiger partial charge in [0.05, 0.1) is 12.2 Å². The van der Waals surface area contributed by atoms with Gasteiger partial charge in [-0.25, -0.2) is 4.79 Å². The van der Waals surface area contributed by atoms with Crippen LogP contribution in [0.5, 0.6) is 0 Å². The molecule has 0 aliphatic carbocycles. The van der Waals surface area contributed by atoms with E-state index in [9.17, 15) is 9.90 Å². The van der Waals surface area contributed by atoms with Gasteiger partial charge in [-0.2, -0.15) is 5.10 Å². The summed E-state index contributed by atoms with van der Waals surface area (Å²) in [6, 6.07) is 15.5. The zero-order valence-corrected chi connectivity index (χ0v) is 14.9. The maximum absolute atomic E-state index is 11.4. The number of hydrogen-bond acceptors (Lipinski definition) is 2. The molecule has 128 valence electrons. The molecule has 0 saturated heterocycles. The Morgan fingerprint density at radius 2 is 1.80 bits per heavy atom. The Morgan fingerprint density at radius 3 is 2.40 bits per heavy atom. The Morgan fingerprint density at radius 1 is 1.12 bits per heavy atom. The fraction of sp³-hybridized carbons (Fsp3) is 0.200. The molecule has 0 unspecified atom stereocenters. The summed E-state index contributed by atoms with van der Waals surface area (Å²) in [5, 5.41) is 14.2.